The molecule has 0 rings (SSSR count). The van der Waals surface area contributed by atoms with E-state index in [9.17, 15) is 0 Å². The van der Waals surface area contributed by atoms with Crippen LogP contribution < -0.4 is 5.73 Å². The van der Waals surface area contributed by atoms with E-state index >= 15 is 0 Å². The van der Waals surface area contributed by atoms with E-state index < -0.39 is 0 Å². The molecule has 0 saturated carbocycles. The van der Waals surface area contributed by atoms with Gasteiger partial charge in [-0.05, 0) is 20.6 Å². The van der Waals surface area contributed by atoms with E-state index in [1.807, 2.05) is 0 Å². The lowest BCUT2D eigenvalue weighted by molar-refractivity contribution is 1.27. The Kier molecular flexibility index (Phi) is 3.35. The summed E-state index contributed by atoms with van der Waals surface area (Å²) in [5.41, 5.74) is 6.00. The van der Waals surface area contributed by atoms with Crippen molar-refractivity contribution in [1.82, 2.24) is 0 Å². The summed E-state index contributed by atoms with van der Waals surface area (Å²) in [5, 5.41) is 0. The maximum Gasteiger partial charge on any atom is 0.0958 e. The van der Waals surface area contributed by atoms with Crippen molar-refractivity contribution in [3.63, 3.8) is 0 Å². The molecule has 0 atom stereocenters. The minimum Gasteiger partial charge on any atom is -0.387 e. The molecule has 0 fully saturated rings. The molecule has 0 amide bonds. The largest absolute Gasteiger partial charge is 0.387 e. The van der Waals surface area contributed by atoms with Gasteiger partial charge < -0.3 is 5.73 Å². The lowest BCUT2D eigenvalue weighted by Crippen LogP contribution is -2.03. The number of amidine groups is 1. The summed E-state index contributed by atoms with van der Waals surface area (Å²) in [6, 6.07) is 0. The van der Waals surface area contributed by atoms with Gasteiger partial charge >= 0.3 is 0 Å². The van der Waals surface area contributed by atoms with Gasteiger partial charge in [0.25, 0.3) is 0 Å². The van der Waals surface area contributed by atoms with Gasteiger partial charge in [0.1, 0.15) is 0 Å². The van der Waals surface area contributed by atoms with Crippen LogP contribution in [0, 0.1) is 0 Å². The van der Waals surface area contributed by atoms with Gasteiger partial charge in [0.05, 0.1) is 17.7 Å². The quantitative estimate of drug-likeness (QED) is 0.433. The molecule has 2 N–H and O–H groups in total. The molecule has 0 aliphatic rings. The van der Waals surface area contributed by atoms with Crippen molar-refractivity contribution in [3.8, 4) is 0 Å². The van der Waals surface area contributed by atoms with Gasteiger partial charge in [-0.25, -0.2) is 4.99 Å². The summed E-state index contributed by atoms with van der Waals surface area (Å²) >= 11 is 0. The Balaban J connectivity index is 3.98. The summed E-state index contributed by atoms with van der Waals surface area (Å²) in [7, 11) is 0. The maximum atomic E-state index is 5.24. The first-order valence-corrected chi connectivity index (χ1v) is 2.60. The second-order valence-electron chi connectivity index (χ2n) is 1.70. The Hall–Kier alpha value is -1.12. The van der Waals surface area contributed by atoms with Crippen LogP contribution >= 0.6 is 0 Å². The highest BCUT2D eigenvalue weighted by Crippen LogP contribution is 1.90. The van der Waals surface area contributed by atoms with E-state index in [0.717, 1.165) is 5.70 Å². The van der Waals surface area contributed by atoms with E-state index in [4.69, 9.17) is 5.73 Å². The number of nitrogens with two attached hydrogens (primary N) is 1. The van der Waals surface area contributed by atoms with Crippen LogP contribution in [-0.4, -0.2) is 12.6 Å². The molecular weight excluding hydrogens is 114 g/mol. The third-order valence-corrected chi connectivity index (χ3v) is 0.704. The van der Waals surface area contributed by atoms with E-state index in [-0.39, 0.29) is 0 Å². The SMILES string of the molecule is C=N/C(C)=C\N=C(C)N. The molecule has 0 aromatic heterocycles. The zero-order chi connectivity index (χ0) is 7.28. The average Bonchev–Trinajstić information content (AvgIpc) is 1.83. The standard InChI is InChI=1S/C6H11N3/c1-5(8-3)4-9-6(2)7/h4H,3H2,1-2H3,(H2,7,9)/b5-4-. The Morgan fingerprint density at radius 3 is 2.44 bits per heavy atom. The molecule has 0 aliphatic carbocycles. The molecule has 0 bridgehead atoms. The lowest BCUT2D eigenvalue weighted by Gasteiger charge is -1.85. The van der Waals surface area contributed by atoms with Crippen LogP contribution in [0.3, 0.4) is 0 Å². The van der Waals surface area contributed by atoms with Crippen molar-refractivity contribution in [2.45, 2.75) is 13.8 Å². The highest BCUT2D eigenvalue weighted by molar-refractivity contribution is 5.78. The molecule has 0 aromatic carbocycles. The Bertz CT molecular complexity index is 152. The summed E-state index contributed by atoms with van der Waals surface area (Å²) in [4.78, 5) is 7.40. The molecule has 0 unspecified atom stereocenters. The fraction of sp³-hybridized carbons (Fsp3) is 0.333. The monoisotopic (exact) mass is 125 g/mol. The Morgan fingerprint density at radius 2 is 2.11 bits per heavy atom. The Labute approximate surface area is 55.0 Å². The average molecular weight is 125 g/mol. The van der Waals surface area contributed by atoms with Gasteiger partial charge in [-0.15, -0.1) is 0 Å². The molecule has 50 valence electrons. The second kappa shape index (κ2) is 3.83. The van der Waals surface area contributed by atoms with Crippen LogP contribution in [0.15, 0.2) is 21.9 Å². The molecule has 0 spiro atoms. The number of hydrogen-bond acceptors (Lipinski definition) is 2. The van der Waals surface area contributed by atoms with Crippen LogP contribution in [0.1, 0.15) is 13.8 Å². The number of rotatable bonds is 2. The maximum absolute atomic E-state index is 5.24. The summed E-state index contributed by atoms with van der Waals surface area (Å²) < 4.78 is 0. The molecule has 3 heteroatoms. The van der Waals surface area contributed by atoms with E-state index in [1.54, 1.807) is 20.0 Å². The van der Waals surface area contributed by atoms with Gasteiger partial charge in [0, 0.05) is 0 Å². The molecule has 0 aromatic rings. The Morgan fingerprint density at radius 1 is 1.56 bits per heavy atom. The fourth-order valence-corrected chi connectivity index (χ4v) is 0.236. The van der Waals surface area contributed by atoms with Crippen LogP contribution in [0.5, 0.6) is 0 Å². The first-order valence-electron chi connectivity index (χ1n) is 2.60. The minimum absolute atomic E-state index is 0.526. The van der Waals surface area contributed by atoms with Crippen molar-refractivity contribution >= 4 is 12.6 Å². The first-order chi connectivity index (χ1) is 4.16. The topological polar surface area (TPSA) is 50.7 Å². The van der Waals surface area contributed by atoms with Crippen molar-refractivity contribution in [1.29, 1.82) is 0 Å². The summed E-state index contributed by atoms with van der Waals surface area (Å²) in [5.74, 6) is 0.526. The van der Waals surface area contributed by atoms with Gasteiger partial charge in [0.2, 0.25) is 0 Å². The van der Waals surface area contributed by atoms with Crippen LogP contribution in [0.25, 0.3) is 0 Å². The smallest absolute Gasteiger partial charge is 0.0958 e. The molecule has 9 heavy (non-hydrogen) atoms. The zero-order valence-corrected chi connectivity index (χ0v) is 5.76. The van der Waals surface area contributed by atoms with Crippen LogP contribution in [0.4, 0.5) is 0 Å². The molecule has 0 radical (unpaired) electrons. The molecule has 0 heterocycles. The first kappa shape index (κ1) is 7.88. The minimum atomic E-state index is 0.526. The molecular formula is C6H11N3. The third kappa shape index (κ3) is 4.74. The van der Waals surface area contributed by atoms with Gasteiger partial charge in [0.15, 0.2) is 0 Å². The third-order valence-electron chi connectivity index (χ3n) is 0.704. The van der Waals surface area contributed by atoms with Crippen molar-refractivity contribution in [2.24, 2.45) is 15.7 Å². The number of aliphatic imine (C=N–C) groups is 2. The van der Waals surface area contributed by atoms with E-state index in [0.29, 0.717) is 5.84 Å². The predicted molar refractivity (Wildman–Crippen MR) is 40.6 cm³/mol. The normalized spacial score (nSPS) is 13.6. The highest BCUT2D eigenvalue weighted by Gasteiger charge is 1.76. The van der Waals surface area contributed by atoms with Crippen molar-refractivity contribution in [2.75, 3.05) is 0 Å². The zero-order valence-electron chi connectivity index (χ0n) is 5.76. The van der Waals surface area contributed by atoms with Crippen molar-refractivity contribution in [3.05, 3.63) is 11.9 Å². The van der Waals surface area contributed by atoms with Gasteiger partial charge in [-0.3, -0.25) is 4.99 Å². The second-order valence-corrected chi connectivity index (χ2v) is 1.70. The highest BCUT2D eigenvalue weighted by atomic mass is 14.8. The molecule has 0 aliphatic heterocycles. The number of hydrogen-bond donors (Lipinski definition) is 1. The number of nitrogens with zero attached hydrogens (tertiary/aromatic N) is 2. The van der Waals surface area contributed by atoms with Gasteiger partial charge in [-0.2, -0.15) is 0 Å². The number of allylic oxidation sites excluding steroid dienone is 1. The van der Waals surface area contributed by atoms with E-state index in [1.165, 1.54) is 0 Å². The van der Waals surface area contributed by atoms with Crippen molar-refractivity contribution < 1.29 is 0 Å². The lowest BCUT2D eigenvalue weighted by atomic mass is 10.5. The molecule has 3 nitrogen and oxygen atoms in total. The summed E-state index contributed by atoms with van der Waals surface area (Å²) in [6.07, 6.45) is 1.57. The fourth-order valence-electron chi connectivity index (χ4n) is 0.236. The predicted octanol–water partition coefficient (Wildman–Crippen LogP) is 0.925. The molecule has 0 saturated heterocycles. The van der Waals surface area contributed by atoms with E-state index in [2.05, 4.69) is 16.7 Å². The summed E-state index contributed by atoms with van der Waals surface area (Å²) in [6.45, 7) is 6.83. The van der Waals surface area contributed by atoms with Gasteiger partial charge in [-0.1, -0.05) is 0 Å². The van der Waals surface area contributed by atoms with Crippen LogP contribution in [-0.2, 0) is 0 Å². The van der Waals surface area contributed by atoms with Crippen LogP contribution in [0.2, 0.25) is 0 Å².